The SMILES string of the molecule is O=C(Nc1ccc(OC(F)F)cc1)/C(=C/c1ccco1)n1nnnc1-c1ccccc1. The predicted octanol–water partition coefficient (Wildman–Crippen LogP) is 4.17. The van der Waals surface area contributed by atoms with Gasteiger partial charge in [-0.05, 0) is 46.8 Å². The number of nitrogens with one attached hydrogen (secondary N) is 1. The fourth-order valence-corrected chi connectivity index (χ4v) is 2.76. The summed E-state index contributed by atoms with van der Waals surface area (Å²) in [5.41, 5.74) is 1.16. The van der Waals surface area contributed by atoms with Crippen molar-refractivity contribution in [1.82, 2.24) is 20.2 Å². The summed E-state index contributed by atoms with van der Waals surface area (Å²) in [5.74, 6) is 0.212. The van der Waals surface area contributed by atoms with Crippen molar-refractivity contribution in [2.24, 2.45) is 0 Å². The Hall–Kier alpha value is -4.34. The van der Waals surface area contributed by atoms with Gasteiger partial charge in [-0.15, -0.1) is 5.10 Å². The van der Waals surface area contributed by atoms with Gasteiger partial charge >= 0.3 is 6.61 Å². The van der Waals surface area contributed by atoms with Crippen molar-refractivity contribution < 1.29 is 22.7 Å². The highest BCUT2D eigenvalue weighted by Gasteiger charge is 2.20. The second-order valence-corrected chi connectivity index (χ2v) is 6.18. The maximum atomic E-state index is 13.1. The Morgan fingerprint density at radius 1 is 1.06 bits per heavy atom. The minimum absolute atomic E-state index is 0.0220. The highest BCUT2D eigenvalue weighted by molar-refractivity contribution is 6.24. The number of tetrazole rings is 1. The number of furan rings is 1. The molecule has 4 aromatic rings. The van der Waals surface area contributed by atoms with Crippen LogP contribution in [0.25, 0.3) is 23.2 Å². The lowest BCUT2D eigenvalue weighted by Gasteiger charge is -2.11. The number of halogens is 2. The average Bonchev–Trinajstić information content (AvgIpc) is 3.45. The second-order valence-electron chi connectivity index (χ2n) is 6.18. The molecule has 1 N–H and O–H groups in total. The highest BCUT2D eigenvalue weighted by atomic mass is 19.3. The number of hydrogen-bond acceptors (Lipinski definition) is 6. The van der Waals surface area contributed by atoms with E-state index < -0.39 is 12.5 Å². The van der Waals surface area contributed by atoms with E-state index in [2.05, 4.69) is 25.6 Å². The zero-order chi connectivity index (χ0) is 21.6. The molecule has 0 bridgehead atoms. The van der Waals surface area contributed by atoms with Crippen molar-refractivity contribution in [3.05, 3.63) is 78.8 Å². The lowest BCUT2D eigenvalue weighted by atomic mass is 10.2. The Morgan fingerprint density at radius 3 is 2.52 bits per heavy atom. The second kappa shape index (κ2) is 8.99. The van der Waals surface area contributed by atoms with Crippen molar-refractivity contribution in [3.8, 4) is 17.1 Å². The standard InChI is InChI=1S/C21H15F2N5O3/c22-21(23)31-16-10-8-15(9-11-16)24-20(29)18(13-17-7-4-12-30-17)28-19(25-26-27-28)14-5-2-1-3-6-14/h1-13,21H,(H,24,29)/b18-13-. The van der Waals surface area contributed by atoms with Gasteiger partial charge in [0.15, 0.2) is 5.82 Å². The molecule has 156 valence electrons. The van der Waals surface area contributed by atoms with E-state index in [1.54, 1.807) is 12.1 Å². The third-order valence-corrected chi connectivity index (χ3v) is 4.12. The molecule has 0 aliphatic heterocycles. The number of alkyl halides is 2. The lowest BCUT2D eigenvalue weighted by molar-refractivity contribution is -0.111. The first-order valence-corrected chi connectivity index (χ1v) is 9.06. The van der Waals surface area contributed by atoms with E-state index in [0.717, 1.165) is 0 Å². The maximum absolute atomic E-state index is 13.1. The molecule has 0 fully saturated rings. The number of nitrogens with zero attached hydrogens (tertiary/aromatic N) is 4. The molecule has 0 aliphatic carbocycles. The van der Waals surface area contributed by atoms with Crippen molar-refractivity contribution in [2.75, 3.05) is 5.32 Å². The molecule has 0 saturated carbocycles. The van der Waals surface area contributed by atoms with E-state index >= 15 is 0 Å². The number of carbonyl (C=O) groups excluding carboxylic acids is 1. The summed E-state index contributed by atoms with van der Waals surface area (Å²) in [6.45, 7) is -2.93. The minimum Gasteiger partial charge on any atom is -0.465 e. The molecule has 4 rings (SSSR count). The molecule has 1 amide bonds. The molecule has 0 radical (unpaired) electrons. The van der Waals surface area contributed by atoms with Gasteiger partial charge in [-0.3, -0.25) is 4.79 Å². The van der Waals surface area contributed by atoms with E-state index in [1.165, 1.54) is 41.3 Å². The molecule has 0 saturated heterocycles. The topological polar surface area (TPSA) is 95.1 Å². The summed E-state index contributed by atoms with van der Waals surface area (Å²) in [7, 11) is 0. The zero-order valence-corrected chi connectivity index (χ0v) is 15.9. The van der Waals surface area contributed by atoms with Gasteiger partial charge in [0, 0.05) is 17.3 Å². The first-order valence-electron chi connectivity index (χ1n) is 9.06. The summed E-state index contributed by atoms with van der Waals surface area (Å²) in [6.07, 6.45) is 2.97. The fourth-order valence-electron chi connectivity index (χ4n) is 2.76. The Morgan fingerprint density at radius 2 is 1.84 bits per heavy atom. The Kier molecular flexibility index (Phi) is 5.79. The molecule has 0 unspecified atom stereocenters. The van der Waals surface area contributed by atoms with Crippen molar-refractivity contribution in [3.63, 3.8) is 0 Å². The summed E-state index contributed by atoms with van der Waals surface area (Å²) in [4.78, 5) is 13.1. The van der Waals surface area contributed by atoms with E-state index in [-0.39, 0.29) is 11.4 Å². The highest BCUT2D eigenvalue weighted by Crippen LogP contribution is 2.23. The summed E-state index contributed by atoms with van der Waals surface area (Å²) in [6, 6.07) is 18.0. The van der Waals surface area contributed by atoms with Gasteiger partial charge in [0.2, 0.25) is 0 Å². The van der Waals surface area contributed by atoms with Crippen LogP contribution in [-0.4, -0.2) is 32.7 Å². The number of aromatic nitrogens is 4. The van der Waals surface area contributed by atoms with Gasteiger partial charge in [-0.2, -0.15) is 13.5 Å². The van der Waals surface area contributed by atoms with Crippen molar-refractivity contribution in [1.29, 1.82) is 0 Å². The fraction of sp³-hybridized carbons (Fsp3) is 0.0476. The van der Waals surface area contributed by atoms with Crippen molar-refractivity contribution in [2.45, 2.75) is 6.61 Å². The van der Waals surface area contributed by atoms with Gasteiger partial charge in [-0.25, -0.2) is 0 Å². The number of ether oxygens (including phenoxy) is 1. The van der Waals surface area contributed by atoms with Crippen LogP contribution in [0, 0.1) is 0 Å². The summed E-state index contributed by atoms with van der Waals surface area (Å²) < 4.78 is 35.6. The van der Waals surface area contributed by atoms with Crippen LogP contribution >= 0.6 is 0 Å². The van der Waals surface area contributed by atoms with Crippen molar-refractivity contribution >= 4 is 23.4 Å². The molecule has 2 aromatic carbocycles. The van der Waals surface area contributed by atoms with Crippen LogP contribution in [-0.2, 0) is 4.79 Å². The molecule has 0 spiro atoms. The Bertz CT molecular complexity index is 1170. The number of anilines is 1. The average molecular weight is 423 g/mol. The molecule has 10 heteroatoms. The number of amides is 1. The van der Waals surface area contributed by atoms with Gasteiger partial charge < -0.3 is 14.5 Å². The quantitative estimate of drug-likeness (QED) is 0.448. The van der Waals surface area contributed by atoms with Crippen LogP contribution in [0.5, 0.6) is 5.75 Å². The largest absolute Gasteiger partial charge is 0.465 e. The monoisotopic (exact) mass is 423 g/mol. The number of carbonyl (C=O) groups is 1. The summed E-state index contributed by atoms with van der Waals surface area (Å²) >= 11 is 0. The molecule has 31 heavy (non-hydrogen) atoms. The summed E-state index contributed by atoms with van der Waals surface area (Å²) in [5, 5.41) is 14.4. The number of rotatable bonds is 7. The van der Waals surface area contributed by atoms with Crippen LogP contribution in [0.15, 0.2) is 77.4 Å². The van der Waals surface area contributed by atoms with Crippen LogP contribution in [0.3, 0.4) is 0 Å². The minimum atomic E-state index is -2.93. The molecular formula is C21H15F2N5O3. The lowest BCUT2D eigenvalue weighted by Crippen LogP contribution is -2.19. The Labute approximate surface area is 174 Å². The van der Waals surface area contributed by atoms with Gasteiger partial charge in [-0.1, -0.05) is 30.3 Å². The number of hydrogen-bond donors (Lipinski definition) is 1. The molecule has 8 nitrogen and oxygen atoms in total. The normalized spacial score (nSPS) is 11.5. The van der Waals surface area contributed by atoms with E-state index in [0.29, 0.717) is 22.8 Å². The molecule has 0 aliphatic rings. The third kappa shape index (κ3) is 4.81. The first-order chi connectivity index (χ1) is 15.1. The van der Waals surface area contributed by atoms with Gasteiger partial charge in [0.25, 0.3) is 5.91 Å². The van der Waals surface area contributed by atoms with Gasteiger partial charge in [0.1, 0.15) is 17.2 Å². The first kappa shape index (κ1) is 20.0. The van der Waals surface area contributed by atoms with Crippen LogP contribution in [0.1, 0.15) is 5.76 Å². The molecule has 2 aromatic heterocycles. The zero-order valence-electron chi connectivity index (χ0n) is 15.9. The van der Waals surface area contributed by atoms with E-state index in [9.17, 15) is 13.6 Å². The van der Waals surface area contributed by atoms with Crippen LogP contribution in [0.2, 0.25) is 0 Å². The van der Waals surface area contributed by atoms with E-state index in [1.807, 2.05) is 30.3 Å². The number of benzene rings is 2. The van der Waals surface area contributed by atoms with E-state index in [4.69, 9.17) is 4.42 Å². The molecule has 2 heterocycles. The predicted molar refractivity (Wildman–Crippen MR) is 108 cm³/mol. The molecular weight excluding hydrogens is 408 g/mol. The van der Waals surface area contributed by atoms with Gasteiger partial charge in [0.05, 0.1) is 6.26 Å². The molecule has 0 atom stereocenters. The smallest absolute Gasteiger partial charge is 0.387 e. The Balaban J connectivity index is 1.66. The third-order valence-electron chi connectivity index (χ3n) is 4.12. The maximum Gasteiger partial charge on any atom is 0.387 e. The van der Waals surface area contributed by atoms with Crippen LogP contribution in [0.4, 0.5) is 14.5 Å². The van der Waals surface area contributed by atoms with Crippen LogP contribution < -0.4 is 10.1 Å².